The van der Waals surface area contributed by atoms with Crippen LogP contribution in [0.2, 0.25) is 0 Å². The lowest BCUT2D eigenvalue weighted by Gasteiger charge is -2.22. The van der Waals surface area contributed by atoms with E-state index in [2.05, 4.69) is 27.2 Å². The van der Waals surface area contributed by atoms with Crippen molar-refractivity contribution in [3.8, 4) is 0 Å². The van der Waals surface area contributed by atoms with Crippen LogP contribution >= 0.6 is 0 Å². The molecule has 29 heavy (non-hydrogen) atoms. The first-order valence-electron chi connectivity index (χ1n) is 9.45. The molecule has 2 aromatic carbocycles. The van der Waals surface area contributed by atoms with Gasteiger partial charge in [-0.25, -0.2) is 9.36 Å². The second-order valence-electron chi connectivity index (χ2n) is 6.46. The van der Waals surface area contributed by atoms with Crippen LogP contribution < -0.4 is 9.47 Å². The van der Waals surface area contributed by atoms with Gasteiger partial charge in [-0.2, -0.15) is 0 Å². The fraction of sp³-hybridized carbons (Fsp3) is 0.286. The fourth-order valence-corrected chi connectivity index (χ4v) is 2.83. The Balaban J connectivity index is 1.56. The highest BCUT2D eigenvalue weighted by Gasteiger charge is 2.12. The maximum atomic E-state index is 12.0. The van der Waals surface area contributed by atoms with E-state index in [1.54, 1.807) is 27.7 Å². The first-order chi connectivity index (χ1) is 14.1. The molecule has 3 aromatic rings. The number of aryl methyl sites for hydroxylation is 2. The van der Waals surface area contributed by atoms with Crippen LogP contribution in [0.4, 0.5) is 17.3 Å². The summed E-state index contributed by atoms with van der Waals surface area (Å²) in [5, 5.41) is 12.6. The molecule has 0 bridgehead atoms. The van der Waals surface area contributed by atoms with E-state index in [0.29, 0.717) is 24.7 Å². The van der Waals surface area contributed by atoms with E-state index in [-0.39, 0.29) is 5.97 Å². The number of hydrogen-bond donors (Lipinski definition) is 0. The van der Waals surface area contributed by atoms with Gasteiger partial charge in [0.2, 0.25) is 6.33 Å². The number of esters is 1. The first kappa shape index (κ1) is 20.2. The van der Waals surface area contributed by atoms with Crippen LogP contribution in [-0.2, 0) is 18.8 Å². The number of carbonyl (C=O) groups is 1. The van der Waals surface area contributed by atoms with Crippen molar-refractivity contribution in [2.24, 2.45) is 24.3 Å². The Bertz CT molecular complexity index is 947. The first-order valence-corrected chi connectivity index (χ1v) is 9.45. The molecule has 150 valence electrons. The molecular formula is C21H25N6O2+. The van der Waals surface area contributed by atoms with E-state index >= 15 is 0 Å². The van der Waals surface area contributed by atoms with Crippen LogP contribution in [0.3, 0.4) is 0 Å². The zero-order valence-corrected chi connectivity index (χ0v) is 16.9. The summed E-state index contributed by atoms with van der Waals surface area (Å²) >= 11 is 0. The third-order valence-electron chi connectivity index (χ3n) is 4.46. The van der Waals surface area contributed by atoms with Gasteiger partial charge in [0.05, 0.1) is 31.9 Å². The summed E-state index contributed by atoms with van der Waals surface area (Å²) < 4.78 is 8.84. The highest BCUT2D eigenvalue weighted by molar-refractivity contribution is 5.89. The maximum absolute atomic E-state index is 12.0. The van der Waals surface area contributed by atoms with Crippen LogP contribution in [0.5, 0.6) is 0 Å². The molecule has 8 nitrogen and oxygen atoms in total. The summed E-state index contributed by atoms with van der Waals surface area (Å²) in [5.74, 6) is 0.352. The average Bonchev–Trinajstić information content (AvgIpc) is 3.08. The van der Waals surface area contributed by atoms with Gasteiger partial charge in [-0.1, -0.05) is 23.3 Å². The lowest BCUT2D eigenvalue weighted by Crippen LogP contribution is -2.27. The van der Waals surface area contributed by atoms with Crippen LogP contribution in [0.15, 0.2) is 71.2 Å². The minimum atomic E-state index is -0.305. The molecule has 0 fully saturated rings. The van der Waals surface area contributed by atoms with Gasteiger partial charge in [-0.3, -0.25) is 0 Å². The number of likely N-dealkylation sites (N-methyl/N-ethyl adjacent to an activating group) is 1. The lowest BCUT2D eigenvalue weighted by atomic mass is 10.2. The largest absolute Gasteiger partial charge is 0.460 e. The Morgan fingerprint density at radius 3 is 2.48 bits per heavy atom. The van der Waals surface area contributed by atoms with E-state index in [1.165, 1.54) is 0 Å². The maximum Gasteiger partial charge on any atom is 0.403 e. The standard InChI is InChI=1S/C21H25N6O2/c1-4-27(14-15-29-20(28)17-8-6-5-7-9-17)19-12-10-18(11-13-19)23-24-21-25(2)16-22-26(21)3/h5-13,16H,4,14-15H2,1-3H3/q+1. The van der Waals surface area contributed by atoms with Crippen LogP contribution in [0, 0.1) is 0 Å². The van der Waals surface area contributed by atoms with Crippen LogP contribution in [-0.4, -0.2) is 35.4 Å². The van der Waals surface area contributed by atoms with Gasteiger partial charge in [-0.05, 0) is 48.4 Å². The molecule has 0 saturated carbocycles. The number of ether oxygens (including phenoxy) is 1. The second kappa shape index (κ2) is 9.59. The van der Waals surface area contributed by atoms with Gasteiger partial charge < -0.3 is 9.64 Å². The molecule has 1 aromatic heterocycles. The van der Waals surface area contributed by atoms with E-state index in [9.17, 15) is 4.79 Å². The molecule has 3 rings (SSSR count). The SMILES string of the molecule is CCN(CCOC(=O)c1ccccc1)c1ccc(N=Nc2n(C)nc[n+]2C)cc1. The highest BCUT2D eigenvalue weighted by Crippen LogP contribution is 2.21. The van der Waals surface area contributed by atoms with Gasteiger partial charge in [0.1, 0.15) is 6.61 Å². The number of nitrogens with zero attached hydrogens (tertiary/aromatic N) is 6. The number of carbonyl (C=O) groups excluding carboxylic acids is 1. The van der Waals surface area contributed by atoms with Crippen LogP contribution in [0.25, 0.3) is 0 Å². The molecule has 0 N–H and O–H groups in total. The third kappa shape index (κ3) is 5.25. The summed E-state index contributed by atoms with van der Waals surface area (Å²) in [6.07, 6.45) is 1.68. The number of hydrogen-bond acceptors (Lipinski definition) is 6. The van der Waals surface area contributed by atoms with Gasteiger partial charge in [0.15, 0.2) is 0 Å². The smallest absolute Gasteiger partial charge is 0.403 e. The number of azo groups is 1. The van der Waals surface area contributed by atoms with Crippen molar-refractivity contribution < 1.29 is 14.1 Å². The summed E-state index contributed by atoms with van der Waals surface area (Å²) in [5.41, 5.74) is 2.35. The summed E-state index contributed by atoms with van der Waals surface area (Å²) in [4.78, 5) is 14.2. The number of anilines is 1. The molecule has 0 unspecified atom stereocenters. The zero-order valence-electron chi connectivity index (χ0n) is 16.9. The van der Waals surface area contributed by atoms with Crippen molar-refractivity contribution in [3.63, 3.8) is 0 Å². The van der Waals surface area contributed by atoms with Gasteiger partial charge in [0.25, 0.3) is 0 Å². The van der Waals surface area contributed by atoms with Gasteiger partial charge in [0, 0.05) is 17.3 Å². The van der Waals surface area contributed by atoms with Crippen molar-refractivity contribution in [3.05, 3.63) is 66.5 Å². The summed E-state index contributed by atoms with van der Waals surface area (Å²) in [6.45, 7) is 3.80. The zero-order chi connectivity index (χ0) is 20.6. The quantitative estimate of drug-likeness (QED) is 0.334. The van der Waals surface area contributed by atoms with E-state index < -0.39 is 0 Å². The number of aromatic nitrogens is 3. The lowest BCUT2D eigenvalue weighted by molar-refractivity contribution is -0.659. The Kier molecular flexibility index (Phi) is 6.67. The highest BCUT2D eigenvalue weighted by atomic mass is 16.5. The topological polar surface area (TPSA) is 76.0 Å². The molecule has 0 amide bonds. The molecule has 0 spiro atoms. The minimum Gasteiger partial charge on any atom is -0.460 e. The molecule has 0 radical (unpaired) electrons. The Morgan fingerprint density at radius 2 is 1.86 bits per heavy atom. The van der Waals surface area contributed by atoms with Gasteiger partial charge in [-0.15, -0.1) is 4.68 Å². The van der Waals surface area contributed by atoms with Gasteiger partial charge >= 0.3 is 11.9 Å². The normalized spacial score (nSPS) is 11.0. The molecule has 0 atom stereocenters. The predicted octanol–water partition coefficient (Wildman–Crippen LogP) is 3.34. The fourth-order valence-electron chi connectivity index (χ4n) is 2.83. The van der Waals surface area contributed by atoms with Crippen LogP contribution in [0.1, 0.15) is 17.3 Å². The second-order valence-corrected chi connectivity index (χ2v) is 6.46. The Labute approximate surface area is 170 Å². The van der Waals surface area contributed by atoms with Crippen molar-refractivity contribution in [1.29, 1.82) is 0 Å². The summed E-state index contributed by atoms with van der Waals surface area (Å²) in [7, 11) is 3.69. The van der Waals surface area contributed by atoms with Crippen molar-refractivity contribution in [1.82, 2.24) is 9.78 Å². The molecule has 0 aliphatic heterocycles. The molecule has 0 aliphatic rings. The van der Waals surface area contributed by atoms with E-state index in [4.69, 9.17) is 4.74 Å². The van der Waals surface area contributed by atoms with E-state index in [1.807, 2.05) is 56.6 Å². The molecule has 0 aliphatic carbocycles. The van der Waals surface area contributed by atoms with Crippen molar-refractivity contribution >= 4 is 23.3 Å². The third-order valence-corrected chi connectivity index (χ3v) is 4.46. The Hall–Kier alpha value is -3.55. The van der Waals surface area contributed by atoms with E-state index in [0.717, 1.165) is 17.9 Å². The number of benzene rings is 2. The molecule has 0 saturated heterocycles. The van der Waals surface area contributed by atoms with Crippen molar-refractivity contribution in [2.75, 3.05) is 24.6 Å². The minimum absolute atomic E-state index is 0.305. The molecule has 1 heterocycles. The average molecular weight is 393 g/mol. The number of rotatable bonds is 8. The Morgan fingerprint density at radius 1 is 1.14 bits per heavy atom. The molecule has 8 heteroatoms. The predicted molar refractivity (Wildman–Crippen MR) is 110 cm³/mol. The summed E-state index contributed by atoms with van der Waals surface area (Å²) in [6, 6.07) is 16.8. The van der Waals surface area contributed by atoms with Crippen molar-refractivity contribution in [2.45, 2.75) is 6.92 Å². The molecular weight excluding hydrogens is 368 g/mol. The monoisotopic (exact) mass is 393 g/mol.